The third-order valence-electron chi connectivity index (χ3n) is 1.83. The summed E-state index contributed by atoms with van der Waals surface area (Å²) in [7, 11) is 0. The molecule has 0 aliphatic carbocycles. The predicted molar refractivity (Wildman–Crippen MR) is 56.7 cm³/mol. The first-order valence-electron chi connectivity index (χ1n) is 4.54. The van der Waals surface area contributed by atoms with Crippen LogP contribution < -0.4 is 0 Å². The van der Waals surface area contributed by atoms with Crippen molar-refractivity contribution in [3.05, 3.63) is 29.8 Å². The summed E-state index contributed by atoms with van der Waals surface area (Å²) in [5.74, 6) is 0.448. The Morgan fingerprint density at radius 3 is 3.00 bits per heavy atom. The largest absolute Gasteiger partial charge is 0.396 e. The number of aliphatic hydroxyl groups excluding tert-OH is 1. The van der Waals surface area contributed by atoms with Gasteiger partial charge in [0.1, 0.15) is 5.82 Å². The second kappa shape index (κ2) is 5.98. The average molecular weight is 215 g/mol. The molecule has 4 heteroatoms. The molecule has 0 bridgehead atoms. The van der Waals surface area contributed by atoms with Crippen LogP contribution in [0, 0.1) is 5.82 Å². The molecule has 0 spiro atoms. The van der Waals surface area contributed by atoms with E-state index in [2.05, 4.69) is 4.98 Å². The summed E-state index contributed by atoms with van der Waals surface area (Å²) in [5, 5.41) is 9.08. The maximum atomic E-state index is 12.7. The van der Waals surface area contributed by atoms with Crippen molar-refractivity contribution in [2.24, 2.45) is 0 Å². The zero-order chi connectivity index (χ0) is 10.4. The molecule has 0 aromatic carbocycles. The summed E-state index contributed by atoms with van der Waals surface area (Å²) in [5.41, 5.74) is 0.889. The minimum absolute atomic E-state index is 0.204. The fourth-order valence-electron chi connectivity index (χ4n) is 1.04. The normalized spacial score (nSPS) is 12.8. The number of thioether (sulfide) groups is 1. The first kappa shape index (κ1) is 11.5. The van der Waals surface area contributed by atoms with E-state index in [9.17, 15) is 4.39 Å². The Balaban J connectivity index is 2.37. The Labute approximate surface area is 87.6 Å². The summed E-state index contributed by atoms with van der Waals surface area (Å²) in [6.07, 6.45) is 3.64. The van der Waals surface area contributed by atoms with Crippen LogP contribution in [-0.2, 0) is 5.75 Å². The summed E-state index contributed by atoms with van der Waals surface area (Å²) >= 11 is 1.70. The van der Waals surface area contributed by atoms with Crippen LogP contribution in [0.1, 0.15) is 18.9 Å². The molecular formula is C10H14FNOS. The molecule has 0 radical (unpaired) electrons. The molecule has 0 amide bonds. The molecule has 14 heavy (non-hydrogen) atoms. The van der Waals surface area contributed by atoms with Crippen molar-refractivity contribution >= 4 is 11.8 Å². The molecule has 1 rings (SSSR count). The monoisotopic (exact) mass is 215 g/mol. The van der Waals surface area contributed by atoms with Crippen LogP contribution in [0.15, 0.2) is 18.5 Å². The SMILES string of the molecule is CC(CCO)SCc1cncc(F)c1. The van der Waals surface area contributed by atoms with Crippen molar-refractivity contribution in [2.45, 2.75) is 24.3 Å². The van der Waals surface area contributed by atoms with E-state index in [1.807, 2.05) is 6.92 Å². The molecule has 1 aromatic heterocycles. The molecule has 1 unspecified atom stereocenters. The third-order valence-corrected chi connectivity index (χ3v) is 3.14. The van der Waals surface area contributed by atoms with Gasteiger partial charge in [-0.3, -0.25) is 4.98 Å². The quantitative estimate of drug-likeness (QED) is 0.817. The van der Waals surface area contributed by atoms with Crippen molar-refractivity contribution < 1.29 is 9.50 Å². The number of nitrogens with zero attached hydrogens (tertiary/aromatic N) is 1. The van der Waals surface area contributed by atoms with Crippen molar-refractivity contribution in [1.82, 2.24) is 4.98 Å². The zero-order valence-corrected chi connectivity index (χ0v) is 8.93. The molecule has 0 fully saturated rings. The molecule has 0 saturated heterocycles. The van der Waals surface area contributed by atoms with E-state index < -0.39 is 0 Å². The van der Waals surface area contributed by atoms with Gasteiger partial charge in [0.15, 0.2) is 0 Å². The van der Waals surface area contributed by atoms with Crippen molar-refractivity contribution in [2.75, 3.05) is 6.61 Å². The predicted octanol–water partition coefficient (Wildman–Crippen LogP) is 2.22. The first-order chi connectivity index (χ1) is 6.72. The van der Waals surface area contributed by atoms with Gasteiger partial charge in [0.25, 0.3) is 0 Å². The van der Waals surface area contributed by atoms with E-state index in [0.717, 1.165) is 17.7 Å². The second-order valence-corrected chi connectivity index (χ2v) is 4.57. The number of rotatable bonds is 5. The number of pyridine rings is 1. The van der Waals surface area contributed by atoms with Gasteiger partial charge in [0.05, 0.1) is 6.20 Å². The first-order valence-corrected chi connectivity index (χ1v) is 5.59. The van der Waals surface area contributed by atoms with Crippen molar-refractivity contribution in [1.29, 1.82) is 0 Å². The van der Waals surface area contributed by atoms with Gasteiger partial charge >= 0.3 is 0 Å². The van der Waals surface area contributed by atoms with Gasteiger partial charge in [-0.25, -0.2) is 4.39 Å². The fourth-order valence-corrected chi connectivity index (χ4v) is 1.95. The highest BCUT2D eigenvalue weighted by Crippen LogP contribution is 2.19. The highest BCUT2D eigenvalue weighted by molar-refractivity contribution is 7.99. The van der Waals surface area contributed by atoms with E-state index in [0.29, 0.717) is 5.25 Å². The maximum absolute atomic E-state index is 12.7. The number of hydrogen-bond donors (Lipinski definition) is 1. The van der Waals surface area contributed by atoms with E-state index in [-0.39, 0.29) is 12.4 Å². The van der Waals surface area contributed by atoms with Gasteiger partial charge in [-0.2, -0.15) is 11.8 Å². The molecule has 1 aromatic rings. The van der Waals surface area contributed by atoms with E-state index in [4.69, 9.17) is 5.11 Å². The Morgan fingerprint density at radius 1 is 1.57 bits per heavy atom. The highest BCUT2D eigenvalue weighted by atomic mass is 32.2. The molecule has 1 heterocycles. The van der Waals surface area contributed by atoms with Gasteiger partial charge in [0, 0.05) is 23.8 Å². The Morgan fingerprint density at radius 2 is 2.36 bits per heavy atom. The molecular weight excluding hydrogens is 201 g/mol. The molecule has 0 aliphatic rings. The number of halogens is 1. The van der Waals surface area contributed by atoms with E-state index >= 15 is 0 Å². The number of aromatic nitrogens is 1. The lowest BCUT2D eigenvalue weighted by Gasteiger charge is -2.08. The van der Waals surface area contributed by atoms with Gasteiger partial charge in [-0.1, -0.05) is 6.92 Å². The van der Waals surface area contributed by atoms with Crippen LogP contribution in [-0.4, -0.2) is 21.9 Å². The van der Waals surface area contributed by atoms with Crippen LogP contribution in [0.25, 0.3) is 0 Å². The number of aliphatic hydroxyl groups is 1. The molecule has 1 N–H and O–H groups in total. The minimum atomic E-state index is -0.294. The van der Waals surface area contributed by atoms with Crippen LogP contribution in [0.3, 0.4) is 0 Å². The van der Waals surface area contributed by atoms with E-state index in [1.165, 1.54) is 12.3 Å². The van der Waals surface area contributed by atoms with Gasteiger partial charge in [-0.15, -0.1) is 0 Å². The van der Waals surface area contributed by atoms with Crippen LogP contribution in [0.5, 0.6) is 0 Å². The summed E-state index contributed by atoms with van der Waals surface area (Å²) in [6.45, 7) is 2.25. The van der Waals surface area contributed by atoms with Gasteiger partial charge in [-0.05, 0) is 18.1 Å². The van der Waals surface area contributed by atoms with Crippen molar-refractivity contribution in [3.63, 3.8) is 0 Å². The number of hydrogen-bond acceptors (Lipinski definition) is 3. The molecule has 0 saturated carbocycles. The smallest absolute Gasteiger partial charge is 0.141 e. The van der Waals surface area contributed by atoms with E-state index in [1.54, 1.807) is 18.0 Å². The lowest BCUT2D eigenvalue weighted by Crippen LogP contribution is -2.00. The Kier molecular flexibility index (Phi) is 4.90. The lowest BCUT2D eigenvalue weighted by molar-refractivity contribution is 0.289. The standard InChI is InChI=1S/C10H14FNOS/c1-8(2-3-13)14-7-9-4-10(11)6-12-5-9/h4-6,8,13H,2-3,7H2,1H3. The molecule has 0 aliphatic heterocycles. The highest BCUT2D eigenvalue weighted by Gasteiger charge is 2.03. The van der Waals surface area contributed by atoms with Gasteiger partial charge < -0.3 is 5.11 Å². The topological polar surface area (TPSA) is 33.1 Å². The summed E-state index contributed by atoms with van der Waals surface area (Å²) < 4.78 is 12.7. The van der Waals surface area contributed by atoms with Crippen LogP contribution in [0.2, 0.25) is 0 Å². The summed E-state index contributed by atoms with van der Waals surface area (Å²) in [4.78, 5) is 3.77. The maximum Gasteiger partial charge on any atom is 0.141 e. The Hall–Kier alpha value is -0.610. The zero-order valence-electron chi connectivity index (χ0n) is 8.11. The second-order valence-electron chi connectivity index (χ2n) is 3.15. The lowest BCUT2D eigenvalue weighted by atomic mass is 10.3. The molecule has 2 nitrogen and oxygen atoms in total. The van der Waals surface area contributed by atoms with Crippen LogP contribution >= 0.6 is 11.8 Å². The molecule has 1 atom stereocenters. The van der Waals surface area contributed by atoms with Gasteiger partial charge in [0.2, 0.25) is 0 Å². The van der Waals surface area contributed by atoms with Crippen LogP contribution in [0.4, 0.5) is 4.39 Å². The Bertz CT molecular complexity index is 283. The van der Waals surface area contributed by atoms with Crippen molar-refractivity contribution in [3.8, 4) is 0 Å². The average Bonchev–Trinajstić information content (AvgIpc) is 2.15. The third kappa shape index (κ3) is 4.07. The summed E-state index contributed by atoms with van der Waals surface area (Å²) in [6, 6.07) is 1.49. The minimum Gasteiger partial charge on any atom is -0.396 e. The fraction of sp³-hybridized carbons (Fsp3) is 0.500. The molecule has 78 valence electrons.